The zero-order valence-electron chi connectivity index (χ0n) is 13.9. The van der Waals surface area contributed by atoms with E-state index in [0.717, 1.165) is 55.4 Å². The summed E-state index contributed by atoms with van der Waals surface area (Å²) in [6.45, 7) is 2.15. The lowest BCUT2D eigenvalue weighted by Crippen LogP contribution is -2.14. The van der Waals surface area contributed by atoms with Crippen LogP contribution in [0.4, 0.5) is 17.6 Å². The fourth-order valence-electron chi connectivity index (χ4n) is 3.37. The zero-order chi connectivity index (χ0) is 18.0. The molecule has 2 aromatic rings. The Morgan fingerprint density at radius 2 is 1.64 bits per heavy atom. The summed E-state index contributed by atoms with van der Waals surface area (Å²) in [5.74, 6) is 1.13. The molecule has 0 aromatic heterocycles. The monoisotopic (exact) mass is 346 g/mol. The Morgan fingerprint density at radius 1 is 0.920 bits per heavy atom. The number of benzene rings is 2. The minimum absolute atomic E-state index is 0.0310. The van der Waals surface area contributed by atoms with Crippen molar-refractivity contribution in [2.75, 3.05) is 0 Å². The van der Waals surface area contributed by atoms with Gasteiger partial charge in [-0.3, -0.25) is 0 Å². The van der Waals surface area contributed by atoms with Crippen LogP contribution in [0.15, 0.2) is 24.3 Å². The highest BCUT2D eigenvalue weighted by atomic mass is 19.2. The molecule has 1 aliphatic carbocycles. The molecule has 0 spiro atoms. The predicted molar refractivity (Wildman–Crippen MR) is 89.1 cm³/mol. The maximum Gasteiger partial charge on any atom is 0.194 e. The van der Waals surface area contributed by atoms with Gasteiger partial charge in [0, 0.05) is 5.56 Å². The van der Waals surface area contributed by atoms with E-state index >= 15 is 0 Å². The molecule has 1 atom stereocenters. The molecule has 0 fully saturated rings. The SMILES string of the molecule is CCCC1CCc2cc(C#Cc3cc(F)c(F)c(F)c3)c(F)cc2C1. The van der Waals surface area contributed by atoms with E-state index in [1.165, 1.54) is 6.07 Å². The normalized spacial score (nSPS) is 16.1. The molecule has 2 aromatic carbocycles. The summed E-state index contributed by atoms with van der Waals surface area (Å²) in [4.78, 5) is 0. The van der Waals surface area contributed by atoms with Crippen molar-refractivity contribution < 1.29 is 17.6 Å². The molecule has 0 radical (unpaired) electrons. The first kappa shape index (κ1) is 17.5. The number of halogens is 4. The third-order valence-corrected chi connectivity index (χ3v) is 4.64. The van der Waals surface area contributed by atoms with E-state index in [9.17, 15) is 17.6 Å². The molecule has 1 unspecified atom stereocenters. The van der Waals surface area contributed by atoms with Gasteiger partial charge in [-0.2, -0.15) is 0 Å². The second kappa shape index (κ2) is 7.31. The summed E-state index contributed by atoms with van der Waals surface area (Å²) in [6.07, 6.45) is 5.10. The van der Waals surface area contributed by atoms with Crippen LogP contribution in [-0.2, 0) is 12.8 Å². The van der Waals surface area contributed by atoms with Gasteiger partial charge in [0.1, 0.15) is 5.82 Å². The minimum atomic E-state index is -1.54. The number of aryl methyl sites for hydroxylation is 1. The Kier molecular flexibility index (Phi) is 5.13. The van der Waals surface area contributed by atoms with E-state index in [-0.39, 0.29) is 11.1 Å². The number of fused-ring (bicyclic) bond motifs is 1. The molecule has 0 nitrogen and oxygen atoms in total. The van der Waals surface area contributed by atoms with E-state index in [1.807, 2.05) is 0 Å². The molecule has 0 N–H and O–H groups in total. The lowest BCUT2D eigenvalue weighted by Gasteiger charge is -2.24. The zero-order valence-corrected chi connectivity index (χ0v) is 13.9. The van der Waals surface area contributed by atoms with Crippen molar-refractivity contribution in [2.45, 2.75) is 39.0 Å². The molecule has 0 bridgehead atoms. The predicted octanol–water partition coefficient (Wildman–Crippen LogP) is 5.55. The second-order valence-electron chi connectivity index (χ2n) is 6.50. The average molecular weight is 346 g/mol. The maximum absolute atomic E-state index is 14.3. The van der Waals surface area contributed by atoms with Crippen LogP contribution in [0.3, 0.4) is 0 Å². The number of rotatable bonds is 2. The lowest BCUT2D eigenvalue weighted by molar-refractivity contribution is 0.421. The average Bonchev–Trinajstić information content (AvgIpc) is 2.58. The number of hydrogen-bond donors (Lipinski definition) is 0. The fraction of sp³-hybridized carbons (Fsp3) is 0.333. The first-order valence-corrected chi connectivity index (χ1v) is 8.45. The van der Waals surface area contributed by atoms with Crippen molar-refractivity contribution in [3.8, 4) is 11.8 Å². The summed E-state index contributed by atoms with van der Waals surface area (Å²) < 4.78 is 53.7. The Morgan fingerprint density at radius 3 is 2.32 bits per heavy atom. The molecule has 0 aliphatic heterocycles. The van der Waals surface area contributed by atoms with E-state index in [0.29, 0.717) is 5.92 Å². The maximum atomic E-state index is 14.3. The van der Waals surface area contributed by atoms with Crippen LogP contribution < -0.4 is 0 Å². The van der Waals surface area contributed by atoms with Crippen LogP contribution >= 0.6 is 0 Å². The van der Waals surface area contributed by atoms with Crippen molar-refractivity contribution in [1.82, 2.24) is 0 Å². The Balaban J connectivity index is 1.88. The minimum Gasteiger partial charge on any atom is -0.206 e. The van der Waals surface area contributed by atoms with E-state index in [2.05, 4.69) is 18.8 Å². The van der Waals surface area contributed by atoms with Crippen LogP contribution in [-0.4, -0.2) is 0 Å². The molecule has 0 amide bonds. The van der Waals surface area contributed by atoms with Crippen LogP contribution in [0, 0.1) is 41.0 Å². The molecule has 25 heavy (non-hydrogen) atoms. The molecule has 130 valence electrons. The summed E-state index contributed by atoms with van der Waals surface area (Å²) in [6, 6.07) is 4.84. The van der Waals surface area contributed by atoms with Gasteiger partial charge in [0.25, 0.3) is 0 Å². The molecule has 0 saturated carbocycles. The van der Waals surface area contributed by atoms with Crippen LogP contribution in [0.1, 0.15) is 48.4 Å². The van der Waals surface area contributed by atoms with Crippen molar-refractivity contribution in [3.63, 3.8) is 0 Å². The van der Waals surface area contributed by atoms with E-state index in [1.54, 1.807) is 6.07 Å². The standard InChI is InChI=1S/C21H18F4/c1-2-3-13-4-6-15-11-16(18(22)12-17(15)8-13)7-5-14-9-19(23)21(25)20(24)10-14/h9-13H,2-4,6,8H2,1H3. The number of hydrogen-bond acceptors (Lipinski definition) is 0. The van der Waals surface area contributed by atoms with Gasteiger partial charge in [-0.1, -0.05) is 31.6 Å². The molecule has 0 heterocycles. The van der Waals surface area contributed by atoms with Crippen molar-refractivity contribution >= 4 is 0 Å². The third kappa shape index (κ3) is 3.87. The van der Waals surface area contributed by atoms with E-state index in [4.69, 9.17) is 0 Å². The van der Waals surface area contributed by atoms with Gasteiger partial charge in [0.05, 0.1) is 5.56 Å². The molecule has 1 aliphatic rings. The quantitative estimate of drug-likeness (QED) is 0.380. The smallest absolute Gasteiger partial charge is 0.194 e. The summed E-state index contributed by atoms with van der Waals surface area (Å²) in [7, 11) is 0. The van der Waals surface area contributed by atoms with Gasteiger partial charge in [0.2, 0.25) is 0 Å². The summed E-state index contributed by atoms with van der Waals surface area (Å²) >= 11 is 0. The molecule has 0 saturated heterocycles. The molecular formula is C21H18F4. The lowest BCUT2D eigenvalue weighted by atomic mass is 9.81. The van der Waals surface area contributed by atoms with Crippen LogP contribution in [0.2, 0.25) is 0 Å². The summed E-state index contributed by atoms with van der Waals surface area (Å²) in [5.41, 5.74) is 2.26. The summed E-state index contributed by atoms with van der Waals surface area (Å²) in [5, 5.41) is 0. The highest BCUT2D eigenvalue weighted by molar-refractivity contribution is 5.47. The van der Waals surface area contributed by atoms with Crippen LogP contribution in [0.5, 0.6) is 0 Å². The Hall–Kier alpha value is -2.28. The topological polar surface area (TPSA) is 0 Å². The Bertz CT molecular complexity index is 835. The first-order chi connectivity index (χ1) is 12.0. The van der Waals surface area contributed by atoms with Crippen molar-refractivity contribution in [3.05, 3.63) is 69.8 Å². The largest absolute Gasteiger partial charge is 0.206 e. The van der Waals surface area contributed by atoms with Crippen molar-refractivity contribution in [2.24, 2.45) is 5.92 Å². The highest BCUT2D eigenvalue weighted by Crippen LogP contribution is 2.30. The third-order valence-electron chi connectivity index (χ3n) is 4.64. The fourth-order valence-corrected chi connectivity index (χ4v) is 3.37. The second-order valence-corrected chi connectivity index (χ2v) is 6.50. The Labute approximate surface area is 144 Å². The van der Waals surface area contributed by atoms with Gasteiger partial charge in [-0.15, -0.1) is 0 Å². The van der Waals surface area contributed by atoms with Crippen LogP contribution in [0.25, 0.3) is 0 Å². The van der Waals surface area contributed by atoms with Gasteiger partial charge < -0.3 is 0 Å². The van der Waals surface area contributed by atoms with Gasteiger partial charge in [-0.05, 0) is 60.6 Å². The molecular weight excluding hydrogens is 328 g/mol. The highest BCUT2D eigenvalue weighted by Gasteiger charge is 2.19. The van der Waals surface area contributed by atoms with Crippen molar-refractivity contribution in [1.29, 1.82) is 0 Å². The van der Waals surface area contributed by atoms with Gasteiger partial charge >= 0.3 is 0 Å². The van der Waals surface area contributed by atoms with Gasteiger partial charge in [0.15, 0.2) is 17.5 Å². The molecule has 4 heteroatoms. The van der Waals surface area contributed by atoms with Gasteiger partial charge in [-0.25, -0.2) is 17.6 Å². The first-order valence-electron chi connectivity index (χ1n) is 8.45. The van der Waals surface area contributed by atoms with E-state index < -0.39 is 23.3 Å². The molecule has 3 rings (SSSR count).